The Balaban J connectivity index is 2.19. The molecule has 1 amide bonds. The second-order valence-corrected chi connectivity index (χ2v) is 5.94. The van der Waals surface area contributed by atoms with Crippen LogP contribution in [0.25, 0.3) is 0 Å². The normalized spacial score (nSPS) is 19.3. The lowest BCUT2D eigenvalue weighted by Crippen LogP contribution is -2.42. The Morgan fingerprint density at radius 3 is 2.84 bits per heavy atom. The number of carboxylic acids is 1. The number of hydrogen-bond acceptors (Lipinski definition) is 2. The first kappa shape index (κ1) is 14.3. The summed E-state index contributed by atoms with van der Waals surface area (Å²) in [7, 11) is 0. The first-order valence-electron chi connectivity index (χ1n) is 6.28. The maximum atomic E-state index is 12.5. The van der Waals surface area contributed by atoms with E-state index >= 15 is 0 Å². The Kier molecular flexibility index (Phi) is 4.44. The highest BCUT2D eigenvalue weighted by Crippen LogP contribution is 2.22. The van der Waals surface area contributed by atoms with Gasteiger partial charge in [0.2, 0.25) is 0 Å². The molecule has 0 unspecified atom stereocenters. The van der Waals surface area contributed by atoms with Gasteiger partial charge < -0.3 is 10.0 Å². The zero-order chi connectivity index (χ0) is 14.0. The molecule has 0 aliphatic carbocycles. The number of halogens is 1. The maximum absolute atomic E-state index is 12.5. The van der Waals surface area contributed by atoms with Crippen LogP contribution in [-0.2, 0) is 4.79 Å². The number of rotatable bonds is 2. The summed E-state index contributed by atoms with van der Waals surface area (Å²) in [6.07, 6.45) is 1.41. The number of aryl methyl sites for hydroxylation is 1. The van der Waals surface area contributed by atoms with E-state index in [4.69, 9.17) is 5.11 Å². The first-order chi connectivity index (χ1) is 9.00. The van der Waals surface area contributed by atoms with Crippen molar-refractivity contribution in [2.75, 3.05) is 13.1 Å². The number of nitrogens with zero attached hydrogens (tertiary/aromatic N) is 1. The SMILES string of the molecule is Cc1cccc(C(=O)N2CCC[C@H](C(=O)O)C2)c1I. The third-order valence-corrected chi connectivity index (χ3v) is 4.91. The molecule has 1 N–H and O–H groups in total. The molecule has 1 aromatic carbocycles. The van der Waals surface area contributed by atoms with Crippen molar-refractivity contribution in [3.63, 3.8) is 0 Å². The van der Waals surface area contributed by atoms with Gasteiger partial charge in [-0.2, -0.15) is 0 Å². The van der Waals surface area contributed by atoms with Gasteiger partial charge in [-0.1, -0.05) is 12.1 Å². The number of hydrogen-bond donors (Lipinski definition) is 1. The molecule has 19 heavy (non-hydrogen) atoms. The number of aliphatic carboxylic acids is 1. The minimum atomic E-state index is -0.809. The summed E-state index contributed by atoms with van der Waals surface area (Å²) in [5, 5.41) is 9.07. The summed E-state index contributed by atoms with van der Waals surface area (Å²) in [6.45, 7) is 2.93. The van der Waals surface area contributed by atoms with E-state index in [0.29, 0.717) is 25.1 Å². The monoisotopic (exact) mass is 373 g/mol. The fraction of sp³-hybridized carbons (Fsp3) is 0.429. The van der Waals surface area contributed by atoms with Gasteiger partial charge in [0.1, 0.15) is 0 Å². The first-order valence-corrected chi connectivity index (χ1v) is 7.35. The second kappa shape index (κ2) is 5.90. The summed E-state index contributed by atoms with van der Waals surface area (Å²) in [5.74, 6) is -1.30. The van der Waals surface area contributed by atoms with E-state index in [1.54, 1.807) is 4.90 Å². The van der Waals surface area contributed by atoms with Crippen molar-refractivity contribution in [1.82, 2.24) is 4.90 Å². The zero-order valence-corrected chi connectivity index (χ0v) is 12.9. The summed E-state index contributed by atoms with van der Waals surface area (Å²) in [5.41, 5.74) is 1.74. The van der Waals surface area contributed by atoms with Crippen LogP contribution in [0.15, 0.2) is 18.2 Å². The van der Waals surface area contributed by atoms with Gasteiger partial charge in [0.05, 0.1) is 11.5 Å². The largest absolute Gasteiger partial charge is 0.481 e. The lowest BCUT2D eigenvalue weighted by molar-refractivity contribution is -0.143. The van der Waals surface area contributed by atoms with Crippen LogP contribution in [0.2, 0.25) is 0 Å². The van der Waals surface area contributed by atoms with Crippen molar-refractivity contribution in [3.05, 3.63) is 32.9 Å². The number of amides is 1. The lowest BCUT2D eigenvalue weighted by atomic mass is 9.97. The zero-order valence-electron chi connectivity index (χ0n) is 10.7. The highest BCUT2D eigenvalue weighted by molar-refractivity contribution is 14.1. The fourth-order valence-electron chi connectivity index (χ4n) is 2.35. The summed E-state index contributed by atoms with van der Waals surface area (Å²) in [4.78, 5) is 25.2. The number of likely N-dealkylation sites (tertiary alicyclic amines) is 1. The molecule has 0 aromatic heterocycles. The molecule has 0 radical (unpaired) electrons. The molecule has 1 saturated heterocycles. The Morgan fingerprint density at radius 2 is 2.16 bits per heavy atom. The molecule has 0 bridgehead atoms. The number of piperidine rings is 1. The van der Waals surface area contributed by atoms with Crippen molar-refractivity contribution < 1.29 is 14.7 Å². The molecule has 1 atom stereocenters. The van der Waals surface area contributed by atoms with Crippen LogP contribution in [0, 0.1) is 16.4 Å². The highest BCUT2D eigenvalue weighted by atomic mass is 127. The van der Waals surface area contributed by atoms with E-state index in [2.05, 4.69) is 22.6 Å². The van der Waals surface area contributed by atoms with Crippen molar-refractivity contribution in [2.45, 2.75) is 19.8 Å². The summed E-state index contributed by atoms with van der Waals surface area (Å²) >= 11 is 2.17. The average Bonchev–Trinajstić information content (AvgIpc) is 2.41. The smallest absolute Gasteiger partial charge is 0.308 e. The van der Waals surface area contributed by atoms with Gasteiger partial charge in [-0.3, -0.25) is 9.59 Å². The number of carboxylic acid groups (broad SMARTS) is 1. The van der Waals surface area contributed by atoms with E-state index in [9.17, 15) is 9.59 Å². The lowest BCUT2D eigenvalue weighted by Gasteiger charge is -2.31. The number of carbonyl (C=O) groups excluding carboxylic acids is 1. The number of benzene rings is 1. The molecule has 4 nitrogen and oxygen atoms in total. The standard InChI is InChI=1S/C14H16INO3/c1-9-4-2-6-11(12(9)15)13(17)16-7-3-5-10(8-16)14(18)19/h2,4,6,10H,3,5,7-8H2,1H3,(H,18,19)/t10-/m0/s1. The summed E-state index contributed by atoms with van der Waals surface area (Å²) < 4.78 is 0.947. The van der Waals surface area contributed by atoms with Crippen LogP contribution < -0.4 is 0 Å². The molecule has 5 heteroatoms. The van der Waals surface area contributed by atoms with E-state index in [1.165, 1.54) is 0 Å². The molecule has 102 valence electrons. The van der Waals surface area contributed by atoms with Crippen LogP contribution >= 0.6 is 22.6 Å². The van der Waals surface area contributed by atoms with Gasteiger partial charge in [-0.25, -0.2) is 0 Å². The topological polar surface area (TPSA) is 57.6 Å². The van der Waals surface area contributed by atoms with Gasteiger partial charge in [0.25, 0.3) is 5.91 Å². The van der Waals surface area contributed by atoms with E-state index in [0.717, 1.165) is 15.6 Å². The van der Waals surface area contributed by atoms with Crippen molar-refractivity contribution >= 4 is 34.5 Å². The van der Waals surface area contributed by atoms with Crippen molar-refractivity contribution in [2.24, 2.45) is 5.92 Å². The molecule has 1 fully saturated rings. The molecular weight excluding hydrogens is 357 g/mol. The molecule has 0 saturated carbocycles. The average molecular weight is 373 g/mol. The van der Waals surface area contributed by atoms with Gasteiger partial charge in [-0.05, 0) is 54.0 Å². The predicted octanol–water partition coefficient (Wildman–Crippen LogP) is 2.54. The Labute approximate surface area is 125 Å². The third-order valence-electron chi connectivity index (χ3n) is 3.48. The van der Waals surface area contributed by atoms with Crippen molar-refractivity contribution in [3.8, 4) is 0 Å². The highest BCUT2D eigenvalue weighted by Gasteiger charge is 2.29. The molecule has 1 heterocycles. The third kappa shape index (κ3) is 3.08. The maximum Gasteiger partial charge on any atom is 0.308 e. The van der Waals surface area contributed by atoms with Crippen LogP contribution in [0.4, 0.5) is 0 Å². The van der Waals surface area contributed by atoms with Gasteiger partial charge in [-0.15, -0.1) is 0 Å². The second-order valence-electron chi connectivity index (χ2n) is 4.87. The molecule has 1 aliphatic rings. The minimum absolute atomic E-state index is 0.0564. The minimum Gasteiger partial charge on any atom is -0.481 e. The number of carbonyl (C=O) groups is 2. The van der Waals surface area contributed by atoms with Crippen LogP contribution in [-0.4, -0.2) is 35.0 Å². The molecule has 0 spiro atoms. The van der Waals surface area contributed by atoms with E-state index in [1.807, 2.05) is 25.1 Å². The van der Waals surface area contributed by atoms with Crippen LogP contribution in [0.3, 0.4) is 0 Å². The molecule has 1 aromatic rings. The molecule has 2 rings (SSSR count). The van der Waals surface area contributed by atoms with Gasteiger partial charge in [0, 0.05) is 16.7 Å². The Morgan fingerprint density at radius 1 is 1.42 bits per heavy atom. The van der Waals surface area contributed by atoms with Gasteiger partial charge >= 0.3 is 5.97 Å². The van der Waals surface area contributed by atoms with Crippen LogP contribution in [0.5, 0.6) is 0 Å². The molecule has 1 aliphatic heterocycles. The Hall–Kier alpha value is -1.11. The molecular formula is C14H16INO3. The Bertz CT molecular complexity index is 515. The quantitative estimate of drug-likeness (QED) is 0.811. The van der Waals surface area contributed by atoms with E-state index < -0.39 is 11.9 Å². The summed E-state index contributed by atoms with van der Waals surface area (Å²) in [6, 6.07) is 5.64. The van der Waals surface area contributed by atoms with E-state index in [-0.39, 0.29) is 5.91 Å². The van der Waals surface area contributed by atoms with Crippen LogP contribution in [0.1, 0.15) is 28.8 Å². The van der Waals surface area contributed by atoms with Gasteiger partial charge in [0.15, 0.2) is 0 Å². The fourth-order valence-corrected chi connectivity index (χ4v) is 2.94. The van der Waals surface area contributed by atoms with Crippen molar-refractivity contribution in [1.29, 1.82) is 0 Å². The predicted molar refractivity (Wildman–Crippen MR) is 80.2 cm³/mol.